The van der Waals surface area contributed by atoms with E-state index in [2.05, 4.69) is 5.32 Å². The Bertz CT molecular complexity index is 1170. The lowest BCUT2D eigenvalue weighted by Crippen LogP contribution is -2.53. The van der Waals surface area contributed by atoms with Crippen molar-refractivity contribution in [3.8, 4) is 17.2 Å². The van der Waals surface area contributed by atoms with Crippen molar-refractivity contribution in [1.82, 2.24) is 10.2 Å². The standard InChI is InChI=1S/C26H37N3O7S/c1-8-22(26(31)27-18(2)3)28(16-19-9-11-20(34-4)12-10-19)25(30)17-29(37(7,32)33)23-15-21(35-5)13-14-24(23)36-6/h9-15,18,22H,8,16-17H2,1-7H3,(H,27,31)/t22-/m0/s1. The smallest absolute Gasteiger partial charge is 0.244 e. The van der Waals surface area contributed by atoms with Crippen LogP contribution in [0.4, 0.5) is 5.69 Å². The molecule has 2 rings (SSSR count). The van der Waals surface area contributed by atoms with Gasteiger partial charge in [0.15, 0.2) is 0 Å². The van der Waals surface area contributed by atoms with Crippen LogP contribution >= 0.6 is 0 Å². The number of rotatable bonds is 13. The molecule has 0 aliphatic carbocycles. The van der Waals surface area contributed by atoms with Gasteiger partial charge < -0.3 is 24.4 Å². The van der Waals surface area contributed by atoms with Crippen molar-refractivity contribution in [2.75, 3.05) is 38.4 Å². The topological polar surface area (TPSA) is 114 Å². The van der Waals surface area contributed by atoms with E-state index >= 15 is 0 Å². The van der Waals surface area contributed by atoms with Crippen molar-refractivity contribution in [3.05, 3.63) is 48.0 Å². The van der Waals surface area contributed by atoms with Crippen LogP contribution in [0, 0.1) is 0 Å². The van der Waals surface area contributed by atoms with Gasteiger partial charge in [0.05, 0.1) is 33.3 Å². The zero-order chi connectivity index (χ0) is 27.8. The lowest BCUT2D eigenvalue weighted by atomic mass is 10.1. The summed E-state index contributed by atoms with van der Waals surface area (Å²) in [6.07, 6.45) is 1.34. The Morgan fingerprint density at radius 1 is 0.946 bits per heavy atom. The third-order valence-electron chi connectivity index (χ3n) is 5.66. The molecule has 2 aromatic rings. The molecule has 1 N–H and O–H groups in total. The summed E-state index contributed by atoms with van der Waals surface area (Å²) in [6.45, 7) is 5.03. The molecular formula is C26H37N3O7S. The van der Waals surface area contributed by atoms with Crippen molar-refractivity contribution in [2.45, 2.75) is 45.8 Å². The number of nitrogens with one attached hydrogen (secondary N) is 1. The minimum Gasteiger partial charge on any atom is -0.497 e. The molecule has 204 valence electrons. The molecule has 2 aromatic carbocycles. The van der Waals surface area contributed by atoms with Crippen molar-refractivity contribution in [1.29, 1.82) is 0 Å². The third-order valence-corrected chi connectivity index (χ3v) is 6.79. The first kappa shape index (κ1) is 29.8. The molecule has 1 atom stereocenters. The second kappa shape index (κ2) is 13.2. The molecule has 0 aliphatic rings. The fraction of sp³-hybridized carbons (Fsp3) is 0.462. The second-order valence-corrected chi connectivity index (χ2v) is 10.7. The zero-order valence-electron chi connectivity index (χ0n) is 22.5. The monoisotopic (exact) mass is 535 g/mol. The van der Waals surface area contributed by atoms with Crippen LogP contribution in [0.25, 0.3) is 0 Å². The minimum atomic E-state index is -3.92. The summed E-state index contributed by atoms with van der Waals surface area (Å²) in [6, 6.07) is 10.9. The second-order valence-electron chi connectivity index (χ2n) is 8.76. The molecule has 37 heavy (non-hydrogen) atoms. The Morgan fingerprint density at radius 2 is 1.54 bits per heavy atom. The number of sulfonamides is 1. The predicted octanol–water partition coefficient (Wildman–Crippen LogP) is 2.81. The molecule has 0 aliphatic heterocycles. The summed E-state index contributed by atoms with van der Waals surface area (Å²) in [5, 5.41) is 2.86. The maximum atomic E-state index is 13.8. The number of ether oxygens (including phenoxy) is 3. The maximum absolute atomic E-state index is 13.8. The van der Waals surface area contributed by atoms with Gasteiger partial charge in [0.1, 0.15) is 29.8 Å². The van der Waals surface area contributed by atoms with E-state index in [4.69, 9.17) is 14.2 Å². The number of carbonyl (C=O) groups excluding carboxylic acids is 2. The average molecular weight is 536 g/mol. The summed E-state index contributed by atoms with van der Waals surface area (Å²) in [5.41, 5.74) is 0.914. The van der Waals surface area contributed by atoms with E-state index in [9.17, 15) is 18.0 Å². The first-order valence-electron chi connectivity index (χ1n) is 11.9. The highest BCUT2D eigenvalue weighted by atomic mass is 32.2. The molecule has 0 unspecified atom stereocenters. The summed E-state index contributed by atoms with van der Waals surface area (Å²) in [5.74, 6) is 0.445. The highest BCUT2D eigenvalue weighted by molar-refractivity contribution is 7.92. The first-order valence-corrected chi connectivity index (χ1v) is 13.7. The zero-order valence-corrected chi connectivity index (χ0v) is 23.3. The number of anilines is 1. The van der Waals surface area contributed by atoms with Gasteiger partial charge in [-0.25, -0.2) is 8.42 Å². The average Bonchev–Trinajstić information content (AvgIpc) is 2.85. The van der Waals surface area contributed by atoms with Crippen molar-refractivity contribution in [2.24, 2.45) is 0 Å². The summed E-state index contributed by atoms with van der Waals surface area (Å²) < 4.78 is 42.5. The van der Waals surface area contributed by atoms with Crippen LogP contribution in [-0.4, -0.2) is 71.3 Å². The van der Waals surface area contributed by atoms with Crippen molar-refractivity contribution >= 4 is 27.5 Å². The quantitative estimate of drug-likeness (QED) is 0.419. The predicted molar refractivity (Wildman–Crippen MR) is 143 cm³/mol. The van der Waals surface area contributed by atoms with Crippen molar-refractivity contribution < 1.29 is 32.2 Å². The van der Waals surface area contributed by atoms with Crippen LogP contribution in [0.1, 0.15) is 32.8 Å². The number of benzene rings is 2. The molecule has 0 fully saturated rings. The molecule has 0 spiro atoms. The van der Waals surface area contributed by atoms with Gasteiger partial charge in [-0.05, 0) is 50.1 Å². The lowest BCUT2D eigenvalue weighted by molar-refractivity contribution is -0.140. The van der Waals surface area contributed by atoms with Crippen LogP contribution in [0.3, 0.4) is 0 Å². The highest BCUT2D eigenvalue weighted by Crippen LogP contribution is 2.34. The van der Waals surface area contributed by atoms with Crippen LogP contribution < -0.4 is 23.8 Å². The first-order chi connectivity index (χ1) is 17.4. The number of hydrogen-bond donors (Lipinski definition) is 1. The van der Waals surface area contributed by atoms with Gasteiger partial charge in [-0.3, -0.25) is 13.9 Å². The van der Waals surface area contributed by atoms with Gasteiger partial charge in [-0.15, -0.1) is 0 Å². The van der Waals surface area contributed by atoms with E-state index in [1.165, 1.54) is 25.2 Å². The highest BCUT2D eigenvalue weighted by Gasteiger charge is 2.33. The van der Waals surface area contributed by atoms with Crippen LogP contribution in [0.15, 0.2) is 42.5 Å². The summed E-state index contributed by atoms with van der Waals surface area (Å²) >= 11 is 0. The Balaban J connectivity index is 2.52. The van der Waals surface area contributed by atoms with Gasteiger partial charge in [-0.2, -0.15) is 0 Å². The third kappa shape index (κ3) is 8.01. The van der Waals surface area contributed by atoms with E-state index in [0.29, 0.717) is 17.9 Å². The van der Waals surface area contributed by atoms with Crippen LogP contribution in [0.5, 0.6) is 17.2 Å². The van der Waals surface area contributed by atoms with E-state index in [-0.39, 0.29) is 29.9 Å². The molecule has 10 nitrogen and oxygen atoms in total. The molecule has 2 amide bonds. The Hall–Kier alpha value is -3.47. The Kier molecular flexibility index (Phi) is 10.6. The maximum Gasteiger partial charge on any atom is 0.244 e. The van der Waals surface area contributed by atoms with Crippen molar-refractivity contribution in [3.63, 3.8) is 0 Å². The van der Waals surface area contributed by atoms with E-state index < -0.39 is 28.5 Å². The lowest BCUT2D eigenvalue weighted by Gasteiger charge is -2.33. The molecule has 0 bridgehead atoms. The molecular weight excluding hydrogens is 498 g/mol. The van der Waals surface area contributed by atoms with E-state index in [1.807, 2.05) is 13.8 Å². The minimum absolute atomic E-state index is 0.0969. The fourth-order valence-electron chi connectivity index (χ4n) is 3.81. The number of methoxy groups -OCH3 is 3. The fourth-order valence-corrected chi connectivity index (χ4v) is 4.66. The Morgan fingerprint density at radius 3 is 2.03 bits per heavy atom. The molecule has 0 saturated carbocycles. The number of carbonyl (C=O) groups is 2. The Labute approximate surface area is 219 Å². The van der Waals surface area contributed by atoms with Gasteiger partial charge in [0.2, 0.25) is 21.8 Å². The van der Waals surface area contributed by atoms with E-state index in [1.54, 1.807) is 50.4 Å². The molecule has 0 radical (unpaired) electrons. The molecule has 0 heterocycles. The SMILES string of the molecule is CC[C@@H](C(=O)NC(C)C)N(Cc1ccc(OC)cc1)C(=O)CN(c1cc(OC)ccc1OC)S(C)(=O)=O. The number of nitrogens with zero attached hydrogens (tertiary/aromatic N) is 2. The molecule has 11 heteroatoms. The van der Waals surface area contributed by atoms with Crippen LogP contribution in [-0.2, 0) is 26.2 Å². The van der Waals surface area contributed by atoms with Gasteiger partial charge in [0.25, 0.3) is 0 Å². The van der Waals surface area contributed by atoms with E-state index in [0.717, 1.165) is 16.1 Å². The van der Waals surface area contributed by atoms with Gasteiger partial charge in [-0.1, -0.05) is 19.1 Å². The molecule has 0 aromatic heterocycles. The van der Waals surface area contributed by atoms with Gasteiger partial charge in [0, 0.05) is 18.7 Å². The largest absolute Gasteiger partial charge is 0.497 e. The molecule has 0 saturated heterocycles. The normalized spacial score (nSPS) is 12.0. The number of amides is 2. The van der Waals surface area contributed by atoms with Crippen LogP contribution in [0.2, 0.25) is 0 Å². The number of hydrogen-bond acceptors (Lipinski definition) is 7. The summed E-state index contributed by atoms with van der Waals surface area (Å²) in [7, 11) is 0.497. The van der Waals surface area contributed by atoms with Gasteiger partial charge >= 0.3 is 0 Å². The summed E-state index contributed by atoms with van der Waals surface area (Å²) in [4.78, 5) is 28.3.